The second-order valence-corrected chi connectivity index (χ2v) is 6.43. The van der Waals surface area contributed by atoms with Gasteiger partial charge in [-0.15, -0.1) is 10.2 Å². The maximum Gasteiger partial charge on any atom is 0.191 e. The summed E-state index contributed by atoms with van der Waals surface area (Å²) >= 11 is 1.49. The smallest absolute Gasteiger partial charge is 0.191 e. The highest BCUT2D eigenvalue weighted by Crippen LogP contribution is 2.32. The number of hydrogen-bond donors (Lipinski definition) is 1. The summed E-state index contributed by atoms with van der Waals surface area (Å²) in [6.07, 6.45) is 8.02. The summed E-state index contributed by atoms with van der Waals surface area (Å²) in [6, 6.07) is 4.14. The van der Waals surface area contributed by atoms with Crippen molar-refractivity contribution in [1.82, 2.24) is 19.7 Å². The average Bonchev–Trinajstić information content (AvgIpc) is 3.15. The number of thioether (sulfide) groups is 1. The molecule has 2 aromatic heterocycles. The van der Waals surface area contributed by atoms with Crippen LogP contribution in [-0.4, -0.2) is 31.3 Å². The molecule has 5 nitrogen and oxygen atoms in total. The predicted octanol–water partition coefficient (Wildman–Crippen LogP) is 3.39. The molecule has 0 aliphatic heterocycles. The van der Waals surface area contributed by atoms with E-state index in [1.165, 1.54) is 43.9 Å². The third-order valence-electron chi connectivity index (χ3n) is 4.01. The van der Waals surface area contributed by atoms with Crippen molar-refractivity contribution < 1.29 is 4.79 Å². The summed E-state index contributed by atoms with van der Waals surface area (Å²) in [5.41, 5.74) is 0.656. The van der Waals surface area contributed by atoms with Crippen LogP contribution in [0.1, 0.15) is 54.5 Å². The van der Waals surface area contributed by atoms with Gasteiger partial charge in [0.1, 0.15) is 5.82 Å². The molecule has 1 fully saturated rings. The molecule has 6 heteroatoms. The first-order valence-corrected chi connectivity index (χ1v) is 8.45. The highest BCUT2D eigenvalue weighted by atomic mass is 32.2. The number of aryl methyl sites for hydroxylation is 1. The van der Waals surface area contributed by atoms with Gasteiger partial charge in [0, 0.05) is 12.2 Å². The number of aromatic amines is 1. The number of aromatic nitrogens is 4. The van der Waals surface area contributed by atoms with Crippen molar-refractivity contribution in [3.8, 4) is 0 Å². The van der Waals surface area contributed by atoms with Crippen LogP contribution < -0.4 is 0 Å². The summed E-state index contributed by atoms with van der Waals surface area (Å²) in [7, 11) is 0. The molecule has 1 aliphatic rings. The number of ketones is 1. The molecule has 0 aromatic carbocycles. The Labute approximate surface area is 128 Å². The fourth-order valence-corrected chi connectivity index (χ4v) is 3.85. The number of hydrogen-bond acceptors (Lipinski definition) is 4. The van der Waals surface area contributed by atoms with E-state index in [0.29, 0.717) is 17.5 Å². The number of carbonyl (C=O) groups excluding carboxylic acids is 1. The van der Waals surface area contributed by atoms with Crippen LogP contribution in [0.5, 0.6) is 0 Å². The second kappa shape index (κ2) is 6.47. The van der Waals surface area contributed by atoms with Gasteiger partial charge >= 0.3 is 0 Å². The van der Waals surface area contributed by atoms with Gasteiger partial charge in [-0.25, -0.2) is 0 Å². The Bertz CT molecular complexity index is 599. The Kier molecular flexibility index (Phi) is 4.43. The normalized spacial score (nSPS) is 16.2. The Balaban J connectivity index is 1.69. The first-order valence-electron chi connectivity index (χ1n) is 7.46. The van der Waals surface area contributed by atoms with Crippen molar-refractivity contribution in [2.75, 3.05) is 5.75 Å². The maximum absolute atomic E-state index is 12.1. The quantitative estimate of drug-likeness (QED) is 0.679. The van der Waals surface area contributed by atoms with Crippen LogP contribution in [0, 0.1) is 6.92 Å². The van der Waals surface area contributed by atoms with Crippen LogP contribution in [0.3, 0.4) is 0 Å². The van der Waals surface area contributed by atoms with Gasteiger partial charge in [0.2, 0.25) is 0 Å². The van der Waals surface area contributed by atoms with Crippen LogP contribution in [0.2, 0.25) is 0 Å². The van der Waals surface area contributed by atoms with Crippen molar-refractivity contribution in [3.05, 3.63) is 29.8 Å². The molecule has 1 aliphatic carbocycles. The van der Waals surface area contributed by atoms with Crippen molar-refractivity contribution in [3.63, 3.8) is 0 Å². The number of rotatable bonds is 5. The van der Waals surface area contributed by atoms with Crippen LogP contribution in [0.15, 0.2) is 23.5 Å². The molecule has 2 heterocycles. The van der Waals surface area contributed by atoms with Crippen molar-refractivity contribution in [2.24, 2.45) is 0 Å². The van der Waals surface area contributed by atoms with Gasteiger partial charge in [-0.3, -0.25) is 4.79 Å². The minimum Gasteiger partial charge on any atom is -0.359 e. The molecule has 0 bridgehead atoms. The van der Waals surface area contributed by atoms with E-state index < -0.39 is 0 Å². The molecular weight excluding hydrogens is 284 g/mol. The third-order valence-corrected chi connectivity index (χ3v) is 4.95. The van der Waals surface area contributed by atoms with Crippen molar-refractivity contribution in [1.29, 1.82) is 0 Å². The zero-order chi connectivity index (χ0) is 14.7. The van der Waals surface area contributed by atoms with Crippen LogP contribution in [-0.2, 0) is 0 Å². The molecule has 112 valence electrons. The van der Waals surface area contributed by atoms with E-state index in [1.54, 1.807) is 12.3 Å². The fourth-order valence-electron chi connectivity index (χ4n) is 2.92. The van der Waals surface area contributed by atoms with Crippen LogP contribution >= 0.6 is 11.8 Å². The van der Waals surface area contributed by atoms with E-state index in [0.717, 1.165) is 11.0 Å². The van der Waals surface area contributed by atoms with Gasteiger partial charge in [-0.2, -0.15) is 0 Å². The summed E-state index contributed by atoms with van der Waals surface area (Å²) in [5.74, 6) is 1.45. The number of Topliss-reactive ketones (excluding diaryl/α,β-unsaturated/α-hetero) is 1. The molecule has 0 spiro atoms. The molecule has 2 aromatic rings. The lowest BCUT2D eigenvalue weighted by Gasteiger charge is -2.24. The first-order chi connectivity index (χ1) is 10.3. The van der Waals surface area contributed by atoms with E-state index in [1.807, 2.05) is 13.0 Å². The molecular formula is C15H20N4OS. The molecule has 0 atom stereocenters. The zero-order valence-corrected chi connectivity index (χ0v) is 13.0. The SMILES string of the molecule is Cc1nnc(SCC(=O)c2ccc[nH]2)n1C1CCCCC1. The lowest BCUT2D eigenvalue weighted by atomic mass is 9.95. The van der Waals surface area contributed by atoms with Crippen molar-refractivity contribution in [2.45, 2.75) is 50.2 Å². The summed E-state index contributed by atoms with van der Waals surface area (Å²) in [6.45, 7) is 2.00. The number of H-pyrrole nitrogens is 1. The van der Waals surface area contributed by atoms with Crippen LogP contribution in [0.4, 0.5) is 0 Å². The molecule has 0 unspecified atom stereocenters. The zero-order valence-electron chi connectivity index (χ0n) is 12.2. The number of nitrogens with one attached hydrogen (secondary N) is 1. The van der Waals surface area contributed by atoms with E-state index in [4.69, 9.17) is 0 Å². The maximum atomic E-state index is 12.1. The highest BCUT2D eigenvalue weighted by Gasteiger charge is 2.21. The largest absolute Gasteiger partial charge is 0.359 e. The summed E-state index contributed by atoms with van der Waals surface area (Å²) in [5, 5.41) is 9.34. The standard InChI is InChI=1S/C15H20N4OS/c1-11-17-18-15(19(11)12-6-3-2-4-7-12)21-10-14(20)13-8-5-9-16-13/h5,8-9,12,16H,2-4,6-7,10H2,1H3. The predicted molar refractivity (Wildman–Crippen MR) is 82.7 cm³/mol. The third kappa shape index (κ3) is 3.20. The van der Waals surface area contributed by atoms with E-state index in [9.17, 15) is 4.79 Å². The fraction of sp³-hybridized carbons (Fsp3) is 0.533. The molecule has 3 rings (SSSR count). The van der Waals surface area contributed by atoms with E-state index >= 15 is 0 Å². The Morgan fingerprint density at radius 2 is 2.19 bits per heavy atom. The van der Waals surface area contributed by atoms with Gasteiger partial charge in [-0.05, 0) is 31.9 Å². The molecule has 0 radical (unpaired) electrons. The van der Waals surface area contributed by atoms with Crippen molar-refractivity contribution >= 4 is 17.5 Å². The minimum atomic E-state index is 0.0980. The van der Waals surface area contributed by atoms with Gasteiger partial charge < -0.3 is 9.55 Å². The Morgan fingerprint density at radius 1 is 1.38 bits per heavy atom. The lowest BCUT2D eigenvalue weighted by molar-refractivity contribution is 0.101. The Morgan fingerprint density at radius 3 is 2.90 bits per heavy atom. The first kappa shape index (κ1) is 14.4. The van der Waals surface area contributed by atoms with Gasteiger partial charge in [0.05, 0.1) is 11.4 Å². The monoisotopic (exact) mass is 304 g/mol. The summed E-state index contributed by atoms with van der Waals surface area (Å²) in [4.78, 5) is 15.0. The molecule has 0 amide bonds. The van der Waals surface area contributed by atoms with Gasteiger partial charge in [0.15, 0.2) is 10.9 Å². The van der Waals surface area contributed by atoms with Gasteiger partial charge in [0.25, 0.3) is 0 Å². The number of carbonyl (C=O) groups is 1. The molecule has 1 saturated carbocycles. The minimum absolute atomic E-state index is 0.0980. The number of nitrogens with zero attached hydrogens (tertiary/aromatic N) is 3. The highest BCUT2D eigenvalue weighted by molar-refractivity contribution is 7.99. The molecule has 1 N–H and O–H groups in total. The van der Waals surface area contributed by atoms with E-state index in [2.05, 4.69) is 19.7 Å². The van der Waals surface area contributed by atoms with Gasteiger partial charge in [-0.1, -0.05) is 31.0 Å². The topological polar surface area (TPSA) is 63.6 Å². The lowest BCUT2D eigenvalue weighted by Crippen LogP contribution is -2.15. The molecule has 0 saturated heterocycles. The average molecular weight is 304 g/mol. The second-order valence-electron chi connectivity index (χ2n) is 5.49. The molecule has 21 heavy (non-hydrogen) atoms. The van der Waals surface area contributed by atoms with E-state index in [-0.39, 0.29) is 5.78 Å². The Hall–Kier alpha value is -1.56. The summed E-state index contributed by atoms with van der Waals surface area (Å²) < 4.78 is 2.23. The van der Waals surface area contributed by atoms with Crippen LogP contribution in [0.25, 0.3) is 0 Å².